The Bertz CT molecular complexity index is 864. The summed E-state index contributed by atoms with van der Waals surface area (Å²) in [6, 6.07) is 5.05. The van der Waals surface area contributed by atoms with Crippen molar-refractivity contribution in [2.45, 2.75) is 31.9 Å². The molecule has 1 saturated heterocycles. The Balaban J connectivity index is 1.86. The number of halogens is 3. The molecule has 1 amide bonds. The van der Waals surface area contributed by atoms with Gasteiger partial charge in [0, 0.05) is 36.3 Å². The highest BCUT2D eigenvalue weighted by molar-refractivity contribution is 5.92. The van der Waals surface area contributed by atoms with Crippen LogP contribution in [0.2, 0.25) is 0 Å². The maximum atomic E-state index is 13.0. The minimum atomic E-state index is -4.41. The lowest BCUT2D eigenvalue weighted by atomic mass is 9.94. The van der Waals surface area contributed by atoms with Gasteiger partial charge in [0.15, 0.2) is 0 Å². The number of rotatable bonds is 3. The highest BCUT2D eigenvalue weighted by Gasteiger charge is 2.31. The molecule has 1 aliphatic heterocycles. The molecule has 0 aliphatic carbocycles. The Morgan fingerprint density at radius 1 is 1.30 bits per heavy atom. The van der Waals surface area contributed by atoms with E-state index in [9.17, 15) is 18.0 Å². The van der Waals surface area contributed by atoms with Gasteiger partial charge >= 0.3 is 6.18 Å². The van der Waals surface area contributed by atoms with E-state index in [2.05, 4.69) is 16.5 Å². The van der Waals surface area contributed by atoms with Gasteiger partial charge in [0.2, 0.25) is 5.91 Å². The predicted molar refractivity (Wildman–Crippen MR) is 95.8 cm³/mol. The van der Waals surface area contributed by atoms with Crippen LogP contribution in [0.3, 0.4) is 0 Å². The van der Waals surface area contributed by atoms with E-state index in [0.717, 1.165) is 25.0 Å². The first-order valence-corrected chi connectivity index (χ1v) is 8.70. The van der Waals surface area contributed by atoms with E-state index < -0.39 is 11.7 Å². The van der Waals surface area contributed by atoms with Gasteiger partial charge in [-0.05, 0) is 31.9 Å². The lowest BCUT2D eigenvalue weighted by molar-refractivity contribution is -0.137. The minimum absolute atomic E-state index is 0.000277. The molecule has 0 spiro atoms. The maximum absolute atomic E-state index is 13.0. The van der Waals surface area contributed by atoms with Gasteiger partial charge in [0.25, 0.3) is 0 Å². The Kier molecular flexibility index (Phi) is 5.30. The third-order valence-corrected chi connectivity index (χ3v) is 4.63. The molecule has 4 nitrogen and oxygen atoms in total. The van der Waals surface area contributed by atoms with Crippen molar-refractivity contribution >= 4 is 5.91 Å². The number of nitrogens with zero attached hydrogens (tertiary/aromatic N) is 3. The van der Waals surface area contributed by atoms with E-state index in [-0.39, 0.29) is 11.8 Å². The quantitative estimate of drug-likeness (QED) is 0.745. The van der Waals surface area contributed by atoms with Crippen LogP contribution in [0.4, 0.5) is 13.2 Å². The second-order valence-electron chi connectivity index (χ2n) is 6.78. The molecular weight excluding hydrogens is 355 g/mol. The molecule has 0 bridgehead atoms. The van der Waals surface area contributed by atoms with Gasteiger partial charge in [-0.2, -0.15) is 13.2 Å². The molecule has 1 aromatic heterocycles. The fourth-order valence-corrected chi connectivity index (χ4v) is 3.24. The molecule has 7 heteroatoms. The number of hydrogen-bond acceptors (Lipinski definition) is 3. The zero-order valence-electron chi connectivity index (χ0n) is 15.0. The topological polar surface area (TPSA) is 46.1 Å². The van der Waals surface area contributed by atoms with Crippen LogP contribution in [0, 0.1) is 0 Å². The number of likely N-dealkylation sites (tertiary alicyclic amines) is 1. The van der Waals surface area contributed by atoms with Crippen molar-refractivity contribution in [3.63, 3.8) is 0 Å². The van der Waals surface area contributed by atoms with Crippen LogP contribution in [-0.4, -0.2) is 33.9 Å². The highest BCUT2D eigenvalue weighted by Crippen LogP contribution is 2.32. The van der Waals surface area contributed by atoms with Gasteiger partial charge in [0.05, 0.1) is 23.1 Å². The van der Waals surface area contributed by atoms with E-state index in [1.54, 1.807) is 24.1 Å². The van der Waals surface area contributed by atoms with E-state index in [4.69, 9.17) is 0 Å². The summed E-state index contributed by atoms with van der Waals surface area (Å²) in [5.74, 6) is -0.0815. The third kappa shape index (κ3) is 4.35. The van der Waals surface area contributed by atoms with Crippen LogP contribution in [0.15, 0.2) is 48.8 Å². The lowest BCUT2D eigenvalue weighted by Crippen LogP contribution is -2.39. The molecule has 1 aliphatic rings. The smallest absolute Gasteiger partial charge is 0.338 e. The Hall–Kier alpha value is -2.70. The number of alkyl halides is 3. The third-order valence-electron chi connectivity index (χ3n) is 4.63. The number of piperidine rings is 1. The van der Waals surface area contributed by atoms with E-state index in [1.807, 2.05) is 0 Å². The van der Waals surface area contributed by atoms with Crippen molar-refractivity contribution < 1.29 is 18.0 Å². The second-order valence-corrected chi connectivity index (χ2v) is 6.78. The number of aromatic nitrogens is 2. The van der Waals surface area contributed by atoms with Crippen molar-refractivity contribution in [3.05, 3.63) is 60.1 Å². The molecule has 1 unspecified atom stereocenters. The van der Waals surface area contributed by atoms with Crippen LogP contribution < -0.4 is 0 Å². The summed E-state index contributed by atoms with van der Waals surface area (Å²) in [4.78, 5) is 22.6. The fraction of sp³-hybridized carbons (Fsp3) is 0.350. The molecule has 3 rings (SSSR count). The predicted octanol–water partition coefficient (Wildman–Crippen LogP) is 4.44. The number of benzene rings is 1. The van der Waals surface area contributed by atoms with E-state index in [1.165, 1.54) is 12.3 Å². The monoisotopic (exact) mass is 375 g/mol. The molecule has 2 heterocycles. The standard InChI is InChI=1S/C20H20F3N3O/c1-13(2)19(27)26-8-4-6-15(12-26)18-11-24-10-17(25-18)14-5-3-7-16(9-14)20(21,22)23/h3,5,7,9-11,15H,1,4,6,8,12H2,2H3. The van der Waals surface area contributed by atoms with Gasteiger partial charge < -0.3 is 4.90 Å². The summed E-state index contributed by atoms with van der Waals surface area (Å²) < 4.78 is 38.9. The maximum Gasteiger partial charge on any atom is 0.416 e. The summed E-state index contributed by atoms with van der Waals surface area (Å²) in [5, 5.41) is 0. The zero-order chi connectivity index (χ0) is 19.6. The molecule has 1 aromatic carbocycles. The molecule has 0 N–H and O–H groups in total. The minimum Gasteiger partial charge on any atom is -0.338 e. The normalized spacial score (nSPS) is 17.6. The first kappa shape index (κ1) is 19.1. The zero-order valence-corrected chi connectivity index (χ0v) is 15.0. The van der Waals surface area contributed by atoms with Crippen molar-refractivity contribution in [1.29, 1.82) is 0 Å². The van der Waals surface area contributed by atoms with Crippen molar-refractivity contribution in [3.8, 4) is 11.3 Å². The summed E-state index contributed by atoms with van der Waals surface area (Å²) in [6.07, 6.45) is 0.350. The Morgan fingerprint density at radius 3 is 2.78 bits per heavy atom. The van der Waals surface area contributed by atoms with Crippen LogP contribution in [-0.2, 0) is 11.0 Å². The SMILES string of the molecule is C=C(C)C(=O)N1CCCC(c2cncc(-c3cccc(C(F)(F)F)c3)n2)C1. The lowest BCUT2D eigenvalue weighted by Gasteiger charge is -2.32. The summed E-state index contributed by atoms with van der Waals surface area (Å²) >= 11 is 0. The van der Waals surface area contributed by atoms with Gasteiger partial charge in [-0.15, -0.1) is 0 Å². The molecule has 1 fully saturated rings. The van der Waals surface area contributed by atoms with E-state index >= 15 is 0 Å². The van der Waals surface area contributed by atoms with Gasteiger partial charge in [0.1, 0.15) is 0 Å². The number of carbonyl (C=O) groups is 1. The first-order valence-electron chi connectivity index (χ1n) is 8.70. The largest absolute Gasteiger partial charge is 0.416 e. The molecule has 0 saturated carbocycles. The molecule has 0 radical (unpaired) electrons. The Labute approximate surface area is 155 Å². The van der Waals surface area contributed by atoms with Crippen LogP contribution in [0.5, 0.6) is 0 Å². The van der Waals surface area contributed by atoms with Crippen molar-refractivity contribution in [2.75, 3.05) is 13.1 Å². The number of hydrogen-bond donors (Lipinski definition) is 0. The summed E-state index contributed by atoms with van der Waals surface area (Å²) in [6.45, 7) is 6.56. The second kappa shape index (κ2) is 7.50. The number of amides is 1. The first-order chi connectivity index (χ1) is 12.8. The average Bonchev–Trinajstić information content (AvgIpc) is 2.67. The van der Waals surface area contributed by atoms with Crippen LogP contribution in [0.25, 0.3) is 11.3 Å². The average molecular weight is 375 g/mol. The van der Waals surface area contributed by atoms with Crippen LogP contribution >= 0.6 is 0 Å². The van der Waals surface area contributed by atoms with Gasteiger partial charge in [-0.1, -0.05) is 18.7 Å². The Morgan fingerprint density at radius 2 is 2.07 bits per heavy atom. The molecular formula is C20H20F3N3O. The van der Waals surface area contributed by atoms with E-state index in [0.29, 0.717) is 35.6 Å². The fourth-order valence-electron chi connectivity index (χ4n) is 3.24. The molecule has 27 heavy (non-hydrogen) atoms. The molecule has 2 aromatic rings. The van der Waals surface area contributed by atoms with Gasteiger partial charge in [-0.3, -0.25) is 9.78 Å². The number of carbonyl (C=O) groups excluding carboxylic acids is 1. The highest BCUT2D eigenvalue weighted by atomic mass is 19.4. The van der Waals surface area contributed by atoms with Crippen molar-refractivity contribution in [1.82, 2.24) is 14.9 Å². The summed E-state index contributed by atoms with van der Waals surface area (Å²) in [7, 11) is 0. The van der Waals surface area contributed by atoms with Crippen molar-refractivity contribution in [2.24, 2.45) is 0 Å². The molecule has 142 valence electrons. The van der Waals surface area contributed by atoms with Gasteiger partial charge in [-0.25, -0.2) is 4.98 Å². The molecule has 1 atom stereocenters. The van der Waals surface area contributed by atoms with Crippen LogP contribution in [0.1, 0.15) is 36.9 Å². The summed E-state index contributed by atoms with van der Waals surface area (Å²) in [5.41, 5.74) is 1.21.